The molecule has 0 amide bonds. The molecule has 2 aromatic rings. The van der Waals surface area contributed by atoms with E-state index >= 15 is 0 Å². The summed E-state index contributed by atoms with van der Waals surface area (Å²) in [7, 11) is 0. The molecule has 1 saturated heterocycles. The zero-order chi connectivity index (χ0) is 15.9. The van der Waals surface area contributed by atoms with Crippen LogP contribution in [0.2, 0.25) is 5.28 Å². The van der Waals surface area contributed by atoms with Crippen molar-refractivity contribution < 1.29 is 18.3 Å². The molecular weight excluding hydrogens is 319 g/mol. The Balaban J connectivity index is 2.15. The molecule has 8 heteroatoms. The first-order valence-corrected chi connectivity index (χ1v) is 7.20. The molecule has 2 heterocycles. The van der Waals surface area contributed by atoms with Crippen LogP contribution >= 0.6 is 11.6 Å². The Bertz CT molecular complexity index is 708. The van der Waals surface area contributed by atoms with Gasteiger partial charge in [0.25, 0.3) is 0 Å². The van der Waals surface area contributed by atoms with Crippen molar-refractivity contribution in [2.75, 3.05) is 18.1 Å². The molecule has 1 N–H and O–H groups in total. The Morgan fingerprint density at radius 3 is 2.77 bits per heavy atom. The molecule has 3 rings (SSSR count). The van der Waals surface area contributed by atoms with Gasteiger partial charge in [-0.05, 0) is 42.6 Å². The summed E-state index contributed by atoms with van der Waals surface area (Å²) in [6.07, 6.45) is -2.75. The van der Waals surface area contributed by atoms with Gasteiger partial charge in [0.1, 0.15) is 5.82 Å². The summed E-state index contributed by atoms with van der Waals surface area (Å²) in [6, 6.07) is 3.23. The number of fused-ring (bicyclic) bond motifs is 1. The number of halogens is 4. The maximum absolute atomic E-state index is 12.8. The predicted molar refractivity (Wildman–Crippen MR) is 77.0 cm³/mol. The fraction of sp³-hybridized carbons (Fsp3) is 0.429. The molecule has 118 valence electrons. The van der Waals surface area contributed by atoms with Gasteiger partial charge in [0, 0.05) is 11.9 Å². The topological polar surface area (TPSA) is 49.2 Å². The van der Waals surface area contributed by atoms with Crippen molar-refractivity contribution in [3.8, 4) is 0 Å². The third-order valence-corrected chi connectivity index (χ3v) is 4.01. The highest BCUT2D eigenvalue weighted by atomic mass is 35.5. The van der Waals surface area contributed by atoms with E-state index in [4.69, 9.17) is 11.6 Å². The van der Waals surface area contributed by atoms with Gasteiger partial charge in [-0.1, -0.05) is 0 Å². The van der Waals surface area contributed by atoms with E-state index in [1.807, 2.05) is 4.90 Å². The Morgan fingerprint density at radius 1 is 1.32 bits per heavy atom. The number of aromatic nitrogens is 2. The number of hydrogen-bond acceptors (Lipinski definition) is 4. The molecule has 4 nitrogen and oxygen atoms in total. The SMILES string of the molecule is OCC1CCCN1c1nc(Cl)nc2cc(C(F)(F)F)ccc12. The minimum Gasteiger partial charge on any atom is -0.394 e. The molecule has 1 aliphatic rings. The number of aliphatic hydroxyl groups is 1. The lowest BCUT2D eigenvalue weighted by Crippen LogP contribution is -2.33. The van der Waals surface area contributed by atoms with Crippen molar-refractivity contribution in [1.82, 2.24) is 9.97 Å². The van der Waals surface area contributed by atoms with Crippen molar-refractivity contribution in [3.05, 3.63) is 29.0 Å². The average Bonchev–Trinajstić information content (AvgIpc) is 2.93. The predicted octanol–water partition coefficient (Wildman–Crippen LogP) is 3.26. The van der Waals surface area contributed by atoms with E-state index in [2.05, 4.69) is 9.97 Å². The number of aliphatic hydroxyl groups excluding tert-OH is 1. The molecule has 0 saturated carbocycles. The van der Waals surface area contributed by atoms with E-state index in [9.17, 15) is 18.3 Å². The van der Waals surface area contributed by atoms with Gasteiger partial charge < -0.3 is 10.0 Å². The minimum atomic E-state index is -4.44. The van der Waals surface area contributed by atoms with Gasteiger partial charge in [0.2, 0.25) is 5.28 Å². The van der Waals surface area contributed by atoms with Crippen LogP contribution in [0.4, 0.5) is 19.0 Å². The molecule has 1 atom stereocenters. The van der Waals surface area contributed by atoms with E-state index in [1.54, 1.807) is 0 Å². The number of benzene rings is 1. The number of nitrogens with zero attached hydrogens (tertiary/aromatic N) is 3. The second kappa shape index (κ2) is 5.55. The van der Waals surface area contributed by atoms with Crippen LogP contribution in [0.25, 0.3) is 10.9 Å². The van der Waals surface area contributed by atoms with Crippen molar-refractivity contribution in [3.63, 3.8) is 0 Å². The van der Waals surface area contributed by atoms with Gasteiger partial charge in [-0.3, -0.25) is 0 Å². The lowest BCUT2D eigenvalue weighted by Gasteiger charge is -2.25. The molecule has 1 fully saturated rings. The van der Waals surface area contributed by atoms with E-state index in [1.165, 1.54) is 6.07 Å². The normalized spacial score (nSPS) is 19.1. The van der Waals surface area contributed by atoms with Gasteiger partial charge in [-0.2, -0.15) is 18.2 Å². The fourth-order valence-electron chi connectivity index (χ4n) is 2.78. The van der Waals surface area contributed by atoms with Crippen LogP contribution in [0.1, 0.15) is 18.4 Å². The second-order valence-electron chi connectivity index (χ2n) is 5.22. The molecule has 0 aliphatic carbocycles. The van der Waals surface area contributed by atoms with E-state index in [-0.39, 0.29) is 23.4 Å². The Labute approximate surface area is 129 Å². The first-order valence-electron chi connectivity index (χ1n) is 6.82. The third kappa shape index (κ3) is 2.70. The maximum Gasteiger partial charge on any atom is 0.416 e. The minimum absolute atomic E-state index is 0.0379. The summed E-state index contributed by atoms with van der Waals surface area (Å²) in [5.41, 5.74) is -0.630. The highest BCUT2D eigenvalue weighted by Gasteiger charge is 2.32. The Kier molecular flexibility index (Phi) is 3.86. The average molecular weight is 332 g/mol. The van der Waals surface area contributed by atoms with Crippen LogP contribution in [-0.4, -0.2) is 34.3 Å². The maximum atomic E-state index is 12.8. The molecular formula is C14H13ClF3N3O. The largest absolute Gasteiger partial charge is 0.416 e. The molecule has 1 unspecified atom stereocenters. The van der Waals surface area contributed by atoms with Crippen molar-refractivity contribution in [2.24, 2.45) is 0 Å². The quantitative estimate of drug-likeness (QED) is 0.858. The Hall–Kier alpha value is -1.60. The molecule has 0 spiro atoms. The van der Waals surface area contributed by atoms with Crippen LogP contribution in [0, 0.1) is 0 Å². The zero-order valence-electron chi connectivity index (χ0n) is 11.4. The van der Waals surface area contributed by atoms with Crippen LogP contribution in [0.3, 0.4) is 0 Å². The fourth-order valence-corrected chi connectivity index (χ4v) is 2.96. The highest BCUT2D eigenvalue weighted by Crippen LogP contribution is 2.35. The first kappa shape index (κ1) is 15.3. The summed E-state index contributed by atoms with van der Waals surface area (Å²) in [6.45, 7) is 0.637. The van der Waals surface area contributed by atoms with Crippen molar-refractivity contribution >= 4 is 28.3 Å². The molecule has 1 aromatic carbocycles. The third-order valence-electron chi connectivity index (χ3n) is 3.84. The number of hydrogen-bond donors (Lipinski definition) is 1. The van der Waals surface area contributed by atoms with Gasteiger partial charge in [-0.15, -0.1) is 0 Å². The standard InChI is InChI=1S/C14H13ClF3N3O/c15-13-19-11-6-8(14(16,17)18)3-4-10(11)12(20-13)21-5-1-2-9(21)7-22/h3-4,6,9,22H,1-2,5,7H2. The van der Waals surface area contributed by atoms with Gasteiger partial charge >= 0.3 is 6.18 Å². The number of alkyl halides is 3. The zero-order valence-corrected chi connectivity index (χ0v) is 12.2. The summed E-state index contributed by atoms with van der Waals surface area (Å²) in [5.74, 6) is 0.472. The summed E-state index contributed by atoms with van der Waals surface area (Å²) in [4.78, 5) is 9.94. The molecule has 22 heavy (non-hydrogen) atoms. The molecule has 1 aromatic heterocycles. The molecule has 1 aliphatic heterocycles. The smallest absolute Gasteiger partial charge is 0.394 e. The van der Waals surface area contributed by atoms with E-state index < -0.39 is 11.7 Å². The van der Waals surface area contributed by atoms with Gasteiger partial charge in [-0.25, -0.2) is 4.98 Å². The molecule has 0 radical (unpaired) electrons. The van der Waals surface area contributed by atoms with Gasteiger partial charge in [0.05, 0.1) is 23.7 Å². The van der Waals surface area contributed by atoms with Crippen LogP contribution in [-0.2, 0) is 6.18 Å². The second-order valence-corrected chi connectivity index (χ2v) is 5.56. The van der Waals surface area contributed by atoms with E-state index in [0.717, 1.165) is 25.0 Å². The van der Waals surface area contributed by atoms with Crippen molar-refractivity contribution in [2.45, 2.75) is 25.1 Å². The van der Waals surface area contributed by atoms with Crippen LogP contribution in [0.15, 0.2) is 18.2 Å². The lowest BCUT2D eigenvalue weighted by molar-refractivity contribution is -0.137. The monoisotopic (exact) mass is 331 g/mol. The van der Waals surface area contributed by atoms with Gasteiger partial charge in [0.15, 0.2) is 0 Å². The summed E-state index contributed by atoms with van der Waals surface area (Å²) < 4.78 is 38.4. The van der Waals surface area contributed by atoms with Crippen LogP contribution in [0.5, 0.6) is 0 Å². The van der Waals surface area contributed by atoms with Crippen molar-refractivity contribution in [1.29, 1.82) is 0 Å². The first-order chi connectivity index (χ1) is 10.4. The highest BCUT2D eigenvalue weighted by molar-refractivity contribution is 6.28. The lowest BCUT2D eigenvalue weighted by atomic mass is 10.1. The molecule has 0 bridgehead atoms. The van der Waals surface area contributed by atoms with Crippen LogP contribution < -0.4 is 4.90 Å². The summed E-state index contributed by atoms with van der Waals surface area (Å²) in [5, 5.41) is 9.81. The Morgan fingerprint density at radius 2 is 2.09 bits per heavy atom. The number of anilines is 1. The van der Waals surface area contributed by atoms with E-state index in [0.29, 0.717) is 17.7 Å². The summed E-state index contributed by atoms with van der Waals surface area (Å²) >= 11 is 5.87. The number of rotatable bonds is 2.